The minimum absolute atomic E-state index is 0.790. The minimum atomic E-state index is 0.790. The SMILES string of the molecule is NC(=C1CCCC1)c1ccc(N)cc1. The molecule has 14 heavy (non-hydrogen) atoms. The van der Waals surface area contributed by atoms with Gasteiger partial charge in [0.05, 0.1) is 0 Å². The van der Waals surface area contributed by atoms with Crippen molar-refractivity contribution in [2.45, 2.75) is 25.7 Å². The van der Waals surface area contributed by atoms with Gasteiger partial charge in [0.15, 0.2) is 0 Å². The molecule has 0 spiro atoms. The van der Waals surface area contributed by atoms with Gasteiger partial charge in [-0.1, -0.05) is 12.1 Å². The normalized spacial score (nSPS) is 15.9. The highest BCUT2D eigenvalue weighted by Crippen LogP contribution is 2.29. The van der Waals surface area contributed by atoms with Crippen LogP contribution in [0.5, 0.6) is 0 Å². The molecule has 1 aliphatic carbocycles. The fourth-order valence-electron chi connectivity index (χ4n) is 1.94. The lowest BCUT2D eigenvalue weighted by atomic mass is 10.1. The first-order valence-electron chi connectivity index (χ1n) is 5.11. The van der Waals surface area contributed by atoms with Gasteiger partial charge in [-0.2, -0.15) is 0 Å². The Balaban J connectivity index is 2.30. The Kier molecular flexibility index (Phi) is 2.44. The van der Waals surface area contributed by atoms with Gasteiger partial charge in [0.2, 0.25) is 0 Å². The van der Waals surface area contributed by atoms with Crippen molar-refractivity contribution >= 4 is 11.4 Å². The summed E-state index contributed by atoms with van der Waals surface area (Å²) in [7, 11) is 0. The highest BCUT2D eigenvalue weighted by Gasteiger charge is 2.11. The van der Waals surface area contributed by atoms with Crippen LogP contribution in [0.4, 0.5) is 5.69 Å². The highest BCUT2D eigenvalue weighted by atomic mass is 14.6. The fraction of sp³-hybridized carbons (Fsp3) is 0.333. The van der Waals surface area contributed by atoms with E-state index < -0.39 is 0 Å². The van der Waals surface area contributed by atoms with Gasteiger partial charge in [0, 0.05) is 11.4 Å². The van der Waals surface area contributed by atoms with Gasteiger partial charge in [0.25, 0.3) is 0 Å². The minimum Gasteiger partial charge on any atom is -0.399 e. The molecule has 1 aromatic carbocycles. The number of benzene rings is 1. The first kappa shape index (κ1) is 9.13. The fourth-order valence-corrected chi connectivity index (χ4v) is 1.94. The van der Waals surface area contributed by atoms with Gasteiger partial charge in [-0.3, -0.25) is 0 Å². The number of hydrogen-bond donors (Lipinski definition) is 2. The lowest BCUT2D eigenvalue weighted by molar-refractivity contribution is 0.886. The number of rotatable bonds is 1. The number of nitrogen functional groups attached to an aromatic ring is 1. The second-order valence-corrected chi connectivity index (χ2v) is 3.85. The van der Waals surface area contributed by atoms with E-state index >= 15 is 0 Å². The molecule has 1 saturated carbocycles. The smallest absolute Gasteiger partial charge is 0.0379 e. The molecule has 0 saturated heterocycles. The third kappa shape index (κ3) is 1.74. The molecule has 74 valence electrons. The van der Waals surface area contributed by atoms with Crippen molar-refractivity contribution in [1.29, 1.82) is 0 Å². The van der Waals surface area contributed by atoms with Gasteiger partial charge in [-0.15, -0.1) is 0 Å². The Morgan fingerprint density at radius 1 is 1.00 bits per heavy atom. The maximum Gasteiger partial charge on any atom is 0.0379 e. The summed E-state index contributed by atoms with van der Waals surface area (Å²) < 4.78 is 0. The summed E-state index contributed by atoms with van der Waals surface area (Å²) in [6.07, 6.45) is 4.89. The van der Waals surface area contributed by atoms with Crippen LogP contribution in [0.15, 0.2) is 29.8 Å². The first-order valence-corrected chi connectivity index (χ1v) is 5.11. The van der Waals surface area contributed by atoms with Gasteiger partial charge in [0.1, 0.15) is 0 Å². The van der Waals surface area contributed by atoms with Gasteiger partial charge < -0.3 is 11.5 Å². The van der Waals surface area contributed by atoms with E-state index in [1.54, 1.807) is 0 Å². The summed E-state index contributed by atoms with van der Waals surface area (Å²) in [6.45, 7) is 0. The lowest BCUT2D eigenvalue weighted by Gasteiger charge is -2.06. The zero-order valence-electron chi connectivity index (χ0n) is 8.29. The monoisotopic (exact) mass is 188 g/mol. The molecule has 1 aromatic rings. The van der Waals surface area contributed by atoms with E-state index in [2.05, 4.69) is 0 Å². The topological polar surface area (TPSA) is 52.0 Å². The molecule has 2 rings (SSSR count). The van der Waals surface area contributed by atoms with E-state index in [-0.39, 0.29) is 0 Å². The molecular formula is C12H16N2. The first-order chi connectivity index (χ1) is 6.77. The molecular weight excluding hydrogens is 172 g/mol. The predicted molar refractivity (Wildman–Crippen MR) is 60.4 cm³/mol. The van der Waals surface area contributed by atoms with Gasteiger partial charge >= 0.3 is 0 Å². The average molecular weight is 188 g/mol. The summed E-state index contributed by atoms with van der Waals surface area (Å²) in [6, 6.07) is 7.79. The van der Waals surface area contributed by atoms with Gasteiger partial charge in [-0.25, -0.2) is 0 Å². The van der Waals surface area contributed by atoms with Crippen molar-refractivity contribution in [3.63, 3.8) is 0 Å². The van der Waals surface area contributed by atoms with Crippen molar-refractivity contribution in [3.8, 4) is 0 Å². The maximum atomic E-state index is 6.09. The van der Waals surface area contributed by atoms with Crippen molar-refractivity contribution in [2.75, 3.05) is 5.73 Å². The molecule has 0 aliphatic heterocycles. The molecule has 4 N–H and O–H groups in total. The van der Waals surface area contributed by atoms with Gasteiger partial charge in [-0.05, 0) is 49.0 Å². The zero-order valence-corrected chi connectivity index (χ0v) is 8.29. The third-order valence-corrected chi connectivity index (χ3v) is 2.81. The Hall–Kier alpha value is -1.44. The Bertz CT molecular complexity index is 341. The molecule has 0 amide bonds. The second-order valence-electron chi connectivity index (χ2n) is 3.85. The molecule has 2 nitrogen and oxygen atoms in total. The van der Waals surface area contributed by atoms with Crippen molar-refractivity contribution in [2.24, 2.45) is 5.73 Å². The van der Waals surface area contributed by atoms with E-state index in [9.17, 15) is 0 Å². The standard InChI is InChI=1S/C12H16N2/c13-11-7-5-10(6-8-11)12(14)9-3-1-2-4-9/h5-8H,1-4,13-14H2. The van der Waals surface area contributed by atoms with E-state index in [4.69, 9.17) is 11.5 Å². The largest absolute Gasteiger partial charge is 0.399 e. The number of anilines is 1. The molecule has 1 fully saturated rings. The Morgan fingerprint density at radius 3 is 2.14 bits per heavy atom. The van der Waals surface area contributed by atoms with E-state index in [0.29, 0.717) is 0 Å². The molecule has 2 heteroatoms. The summed E-state index contributed by atoms with van der Waals surface area (Å²) in [5.41, 5.74) is 16.0. The third-order valence-electron chi connectivity index (χ3n) is 2.81. The van der Waals surface area contributed by atoms with Crippen LogP contribution >= 0.6 is 0 Å². The number of allylic oxidation sites excluding steroid dienone is 1. The zero-order chi connectivity index (χ0) is 9.97. The molecule has 1 aliphatic rings. The van der Waals surface area contributed by atoms with Crippen LogP contribution in [0.3, 0.4) is 0 Å². The molecule has 0 aromatic heterocycles. The van der Waals surface area contributed by atoms with E-state index in [0.717, 1.165) is 29.8 Å². The summed E-state index contributed by atoms with van der Waals surface area (Å²) in [4.78, 5) is 0. The average Bonchev–Trinajstić information content (AvgIpc) is 2.71. The van der Waals surface area contributed by atoms with Crippen LogP contribution in [-0.4, -0.2) is 0 Å². The predicted octanol–water partition coefficient (Wildman–Crippen LogP) is 2.51. The van der Waals surface area contributed by atoms with Crippen molar-refractivity contribution in [3.05, 3.63) is 35.4 Å². The molecule has 0 radical (unpaired) electrons. The lowest BCUT2D eigenvalue weighted by Crippen LogP contribution is -2.00. The summed E-state index contributed by atoms with van der Waals surface area (Å²) >= 11 is 0. The van der Waals surface area contributed by atoms with Crippen LogP contribution in [0.2, 0.25) is 0 Å². The van der Waals surface area contributed by atoms with E-state index in [1.807, 2.05) is 24.3 Å². The van der Waals surface area contributed by atoms with Crippen molar-refractivity contribution in [1.82, 2.24) is 0 Å². The second kappa shape index (κ2) is 3.74. The van der Waals surface area contributed by atoms with Crippen molar-refractivity contribution < 1.29 is 0 Å². The highest BCUT2D eigenvalue weighted by molar-refractivity contribution is 5.67. The molecule has 0 heterocycles. The Morgan fingerprint density at radius 2 is 1.57 bits per heavy atom. The molecule has 0 atom stereocenters. The summed E-state index contributed by atoms with van der Waals surface area (Å²) in [5.74, 6) is 0. The van der Waals surface area contributed by atoms with Crippen LogP contribution in [-0.2, 0) is 0 Å². The van der Waals surface area contributed by atoms with Crippen LogP contribution in [0.25, 0.3) is 5.70 Å². The number of hydrogen-bond acceptors (Lipinski definition) is 2. The quantitative estimate of drug-likeness (QED) is 0.665. The summed E-state index contributed by atoms with van der Waals surface area (Å²) in [5, 5.41) is 0. The number of nitrogens with two attached hydrogens (primary N) is 2. The van der Waals surface area contributed by atoms with Crippen LogP contribution in [0.1, 0.15) is 31.2 Å². The maximum absolute atomic E-state index is 6.09. The molecule has 0 unspecified atom stereocenters. The molecule has 0 bridgehead atoms. The Labute approximate surface area is 84.6 Å². The van der Waals surface area contributed by atoms with E-state index in [1.165, 1.54) is 18.4 Å². The van der Waals surface area contributed by atoms with Crippen LogP contribution < -0.4 is 11.5 Å². The van der Waals surface area contributed by atoms with Crippen LogP contribution in [0, 0.1) is 0 Å².